The quantitative estimate of drug-likeness (QED) is 0.625. The molecule has 0 aliphatic rings. The molecule has 0 fully saturated rings. The molecule has 0 saturated carbocycles. The number of ether oxygens (including phenoxy) is 1. The first kappa shape index (κ1) is 14.4. The molecule has 0 unspecified atom stereocenters. The van der Waals surface area contributed by atoms with Crippen LogP contribution in [0.25, 0.3) is 0 Å². The first-order valence-corrected chi connectivity index (χ1v) is 6.59. The minimum Gasteiger partial charge on any atom is -0.378 e. The maximum Gasteiger partial charge on any atom is 0.213 e. The SMILES string of the molecule is CC(C)OCCS(=O)(=O)NCCCC#N. The van der Waals surface area contributed by atoms with E-state index in [0.717, 1.165) is 0 Å². The van der Waals surface area contributed by atoms with E-state index in [1.807, 2.05) is 19.9 Å². The van der Waals surface area contributed by atoms with Crippen LogP contribution in [0.5, 0.6) is 0 Å². The Morgan fingerprint density at radius 3 is 2.67 bits per heavy atom. The monoisotopic (exact) mass is 234 g/mol. The Balaban J connectivity index is 3.64. The van der Waals surface area contributed by atoms with Crippen LogP contribution in [0, 0.1) is 11.3 Å². The molecule has 0 amide bonds. The number of sulfonamides is 1. The van der Waals surface area contributed by atoms with Crippen LogP contribution < -0.4 is 4.72 Å². The van der Waals surface area contributed by atoms with Crippen molar-refractivity contribution in [2.24, 2.45) is 0 Å². The van der Waals surface area contributed by atoms with Gasteiger partial charge >= 0.3 is 0 Å². The van der Waals surface area contributed by atoms with Crippen LogP contribution in [-0.2, 0) is 14.8 Å². The van der Waals surface area contributed by atoms with Gasteiger partial charge in [-0.05, 0) is 20.3 Å². The number of nitriles is 1. The third-order valence-electron chi connectivity index (χ3n) is 1.59. The summed E-state index contributed by atoms with van der Waals surface area (Å²) in [7, 11) is -3.24. The summed E-state index contributed by atoms with van der Waals surface area (Å²) in [5.74, 6) is -0.0300. The average molecular weight is 234 g/mol. The molecular weight excluding hydrogens is 216 g/mol. The zero-order valence-electron chi connectivity index (χ0n) is 9.19. The van der Waals surface area contributed by atoms with Gasteiger partial charge in [0.1, 0.15) is 0 Å². The zero-order chi connectivity index (χ0) is 11.7. The number of rotatable bonds is 8. The minimum atomic E-state index is -3.24. The van der Waals surface area contributed by atoms with Crippen molar-refractivity contribution in [2.45, 2.75) is 32.8 Å². The highest BCUT2D eigenvalue weighted by molar-refractivity contribution is 7.89. The highest BCUT2D eigenvalue weighted by Crippen LogP contribution is 1.92. The molecular formula is C9H18N2O3S. The van der Waals surface area contributed by atoms with Crippen molar-refractivity contribution in [1.82, 2.24) is 4.72 Å². The van der Waals surface area contributed by atoms with Crippen molar-refractivity contribution in [3.05, 3.63) is 0 Å². The summed E-state index contributed by atoms with van der Waals surface area (Å²) in [5.41, 5.74) is 0. The second kappa shape index (κ2) is 7.63. The smallest absolute Gasteiger partial charge is 0.213 e. The Bertz CT molecular complexity index is 293. The van der Waals surface area contributed by atoms with E-state index in [1.54, 1.807) is 0 Å². The Morgan fingerprint density at radius 1 is 1.47 bits per heavy atom. The second-order valence-electron chi connectivity index (χ2n) is 3.39. The van der Waals surface area contributed by atoms with Gasteiger partial charge in [0.25, 0.3) is 0 Å². The van der Waals surface area contributed by atoms with Gasteiger partial charge in [0.15, 0.2) is 0 Å². The molecule has 0 aromatic carbocycles. The maximum absolute atomic E-state index is 11.3. The molecule has 0 radical (unpaired) electrons. The molecule has 0 spiro atoms. The van der Waals surface area contributed by atoms with Gasteiger partial charge in [-0.25, -0.2) is 13.1 Å². The molecule has 0 aromatic rings. The molecule has 0 saturated heterocycles. The van der Waals surface area contributed by atoms with Crippen molar-refractivity contribution < 1.29 is 13.2 Å². The summed E-state index contributed by atoms with van der Waals surface area (Å²) in [6, 6.07) is 1.95. The number of nitrogens with zero attached hydrogens (tertiary/aromatic N) is 1. The molecule has 88 valence electrons. The standard InChI is InChI=1S/C9H18N2O3S/c1-9(2)14-7-8-15(12,13)11-6-4-3-5-10/h9,11H,3-4,6-8H2,1-2H3. The fraction of sp³-hybridized carbons (Fsp3) is 0.889. The van der Waals surface area contributed by atoms with E-state index in [1.165, 1.54) is 0 Å². The van der Waals surface area contributed by atoms with Gasteiger partial charge in [0.05, 0.1) is 24.5 Å². The van der Waals surface area contributed by atoms with Gasteiger partial charge in [-0.3, -0.25) is 0 Å². The van der Waals surface area contributed by atoms with E-state index in [-0.39, 0.29) is 18.5 Å². The lowest BCUT2D eigenvalue weighted by Crippen LogP contribution is -2.29. The van der Waals surface area contributed by atoms with Gasteiger partial charge in [-0.1, -0.05) is 0 Å². The second-order valence-corrected chi connectivity index (χ2v) is 5.32. The van der Waals surface area contributed by atoms with Gasteiger partial charge in [0.2, 0.25) is 10.0 Å². The van der Waals surface area contributed by atoms with Crippen LogP contribution >= 0.6 is 0 Å². The first-order valence-electron chi connectivity index (χ1n) is 4.94. The van der Waals surface area contributed by atoms with E-state index >= 15 is 0 Å². The van der Waals surface area contributed by atoms with E-state index in [4.69, 9.17) is 10.00 Å². The highest BCUT2D eigenvalue weighted by atomic mass is 32.2. The Labute approximate surface area is 91.5 Å². The summed E-state index contributed by atoms with van der Waals surface area (Å²) >= 11 is 0. The summed E-state index contributed by atoms with van der Waals surface area (Å²) in [4.78, 5) is 0. The van der Waals surface area contributed by atoms with Crippen molar-refractivity contribution in [3.63, 3.8) is 0 Å². The predicted octanol–water partition coefficient (Wildman–Crippen LogP) is 0.635. The van der Waals surface area contributed by atoms with Crippen LogP contribution in [0.2, 0.25) is 0 Å². The largest absolute Gasteiger partial charge is 0.378 e. The first-order chi connectivity index (χ1) is 6.98. The molecule has 0 atom stereocenters. The number of hydrogen-bond acceptors (Lipinski definition) is 4. The summed E-state index contributed by atoms with van der Waals surface area (Å²) in [6.45, 7) is 4.22. The summed E-state index contributed by atoms with van der Waals surface area (Å²) in [6.07, 6.45) is 0.949. The molecule has 1 N–H and O–H groups in total. The number of hydrogen-bond donors (Lipinski definition) is 1. The van der Waals surface area contributed by atoms with Gasteiger partial charge in [-0.15, -0.1) is 0 Å². The van der Waals surface area contributed by atoms with Gasteiger partial charge < -0.3 is 4.74 Å². The zero-order valence-corrected chi connectivity index (χ0v) is 10.0. The molecule has 6 heteroatoms. The van der Waals surface area contributed by atoms with Crippen molar-refractivity contribution >= 4 is 10.0 Å². The fourth-order valence-electron chi connectivity index (χ4n) is 0.861. The van der Waals surface area contributed by atoms with Crippen LogP contribution in [0.1, 0.15) is 26.7 Å². The van der Waals surface area contributed by atoms with Crippen molar-refractivity contribution in [2.75, 3.05) is 18.9 Å². The molecule has 15 heavy (non-hydrogen) atoms. The van der Waals surface area contributed by atoms with Crippen molar-refractivity contribution in [1.29, 1.82) is 5.26 Å². The van der Waals surface area contributed by atoms with E-state index < -0.39 is 10.0 Å². The lowest BCUT2D eigenvalue weighted by atomic mass is 10.3. The number of unbranched alkanes of at least 4 members (excludes halogenated alkanes) is 1. The number of nitrogens with one attached hydrogen (secondary N) is 1. The average Bonchev–Trinajstić information content (AvgIpc) is 2.11. The lowest BCUT2D eigenvalue weighted by molar-refractivity contribution is 0.0911. The van der Waals surface area contributed by atoms with Crippen molar-refractivity contribution in [3.8, 4) is 6.07 Å². The molecule has 0 heterocycles. The van der Waals surface area contributed by atoms with Crippen LogP contribution in [-0.4, -0.2) is 33.4 Å². The highest BCUT2D eigenvalue weighted by Gasteiger charge is 2.09. The predicted molar refractivity (Wildman–Crippen MR) is 57.7 cm³/mol. The maximum atomic E-state index is 11.3. The molecule has 0 aliphatic heterocycles. The van der Waals surface area contributed by atoms with Crippen LogP contribution in [0.3, 0.4) is 0 Å². The fourth-order valence-corrected chi connectivity index (χ4v) is 1.78. The molecule has 0 aliphatic carbocycles. The minimum absolute atomic E-state index is 0.0300. The van der Waals surface area contributed by atoms with E-state index in [0.29, 0.717) is 19.4 Å². The Kier molecular flexibility index (Phi) is 7.30. The third-order valence-corrected chi connectivity index (χ3v) is 2.94. The summed E-state index contributed by atoms with van der Waals surface area (Å²) in [5, 5.41) is 8.25. The Hall–Kier alpha value is -0.640. The van der Waals surface area contributed by atoms with E-state index in [9.17, 15) is 8.42 Å². The topological polar surface area (TPSA) is 79.2 Å². The molecule has 5 nitrogen and oxygen atoms in total. The van der Waals surface area contributed by atoms with E-state index in [2.05, 4.69) is 4.72 Å². The Morgan fingerprint density at radius 2 is 2.13 bits per heavy atom. The lowest BCUT2D eigenvalue weighted by Gasteiger charge is -2.08. The molecule has 0 bridgehead atoms. The van der Waals surface area contributed by atoms with Crippen LogP contribution in [0.15, 0.2) is 0 Å². The van der Waals surface area contributed by atoms with Crippen LogP contribution in [0.4, 0.5) is 0 Å². The third kappa shape index (κ3) is 9.66. The normalized spacial score (nSPS) is 11.6. The molecule has 0 aromatic heterocycles. The molecule has 0 rings (SSSR count). The van der Waals surface area contributed by atoms with Gasteiger partial charge in [0, 0.05) is 13.0 Å². The summed E-state index contributed by atoms with van der Waals surface area (Å²) < 4.78 is 30.1. The van der Waals surface area contributed by atoms with Gasteiger partial charge in [-0.2, -0.15) is 5.26 Å².